The summed E-state index contributed by atoms with van der Waals surface area (Å²) in [7, 11) is -3.32. The summed E-state index contributed by atoms with van der Waals surface area (Å²) in [5.41, 5.74) is 0. The molecular formula is C10H12N4O2S3. The summed E-state index contributed by atoms with van der Waals surface area (Å²) in [6, 6.07) is 3.41. The van der Waals surface area contributed by atoms with Gasteiger partial charge < -0.3 is 4.90 Å². The van der Waals surface area contributed by atoms with Crippen LogP contribution in [0.1, 0.15) is 0 Å². The molecule has 2 aromatic heterocycles. The number of hydrogen-bond acceptors (Lipinski definition) is 7. The Kier molecular flexibility index (Phi) is 3.52. The number of hydrogen-bond donors (Lipinski definition) is 0. The van der Waals surface area contributed by atoms with Gasteiger partial charge in [-0.3, -0.25) is 0 Å². The number of rotatable bonds is 3. The SMILES string of the molecule is O=S(=O)(c1cccs1)N1CCN(c2cnsn2)CC1. The lowest BCUT2D eigenvalue weighted by atomic mass is 10.4. The molecule has 6 nitrogen and oxygen atoms in total. The van der Waals surface area contributed by atoms with Gasteiger partial charge in [0.1, 0.15) is 4.21 Å². The van der Waals surface area contributed by atoms with Gasteiger partial charge in [0, 0.05) is 26.2 Å². The van der Waals surface area contributed by atoms with Crippen LogP contribution in [-0.4, -0.2) is 47.6 Å². The lowest BCUT2D eigenvalue weighted by Gasteiger charge is -2.33. The predicted octanol–water partition coefficient (Wildman–Crippen LogP) is 1.11. The van der Waals surface area contributed by atoms with Crippen molar-refractivity contribution < 1.29 is 8.42 Å². The first-order valence-electron chi connectivity index (χ1n) is 5.74. The van der Waals surface area contributed by atoms with E-state index in [2.05, 4.69) is 13.6 Å². The molecule has 0 saturated carbocycles. The van der Waals surface area contributed by atoms with E-state index in [1.165, 1.54) is 27.4 Å². The lowest BCUT2D eigenvalue weighted by molar-refractivity contribution is 0.385. The van der Waals surface area contributed by atoms with Crippen LogP contribution in [0.5, 0.6) is 0 Å². The van der Waals surface area contributed by atoms with Crippen molar-refractivity contribution in [3.05, 3.63) is 23.7 Å². The van der Waals surface area contributed by atoms with Gasteiger partial charge in [-0.05, 0) is 11.4 Å². The minimum atomic E-state index is -3.32. The number of thiophene rings is 1. The summed E-state index contributed by atoms with van der Waals surface area (Å²) < 4.78 is 34.7. The van der Waals surface area contributed by atoms with Crippen LogP contribution in [0, 0.1) is 0 Å². The molecule has 102 valence electrons. The van der Waals surface area contributed by atoms with E-state index < -0.39 is 10.0 Å². The molecule has 1 saturated heterocycles. The molecule has 0 atom stereocenters. The van der Waals surface area contributed by atoms with Crippen LogP contribution in [0.4, 0.5) is 5.82 Å². The topological polar surface area (TPSA) is 66.4 Å². The highest BCUT2D eigenvalue weighted by Crippen LogP contribution is 2.23. The van der Waals surface area contributed by atoms with Gasteiger partial charge in [-0.2, -0.15) is 13.1 Å². The summed E-state index contributed by atoms with van der Waals surface area (Å²) >= 11 is 2.42. The summed E-state index contributed by atoms with van der Waals surface area (Å²) in [5, 5.41) is 1.78. The second kappa shape index (κ2) is 5.16. The maximum atomic E-state index is 12.3. The highest BCUT2D eigenvalue weighted by Gasteiger charge is 2.29. The number of nitrogens with zero attached hydrogens (tertiary/aromatic N) is 4. The monoisotopic (exact) mass is 316 g/mol. The first kappa shape index (κ1) is 13.0. The Morgan fingerprint density at radius 1 is 1.21 bits per heavy atom. The van der Waals surface area contributed by atoms with Crippen molar-refractivity contribution in [1.82, 2.24) is 13.1 Å². The van der Waals surface area contributed by atoms with Gasteiger partial charge in [0.25, 0.3) is 10.0 Å². The zero-order chi connectivity index (χ0) is 13.3. The molecule has 0 amide bonds. The zero-order valence-corrected chi connectivity index (χ0v) is 12.4. The lowest BCUT2D eigenvalue weighted by Crippen LogP contribution is -2.48. The van der Waals surface area contributed by atoms with E-state index >= 15 is 0 Å². The van der Waals surface area contributed by atoms with Gasteiger partial charge >= 0.3 is 0 Å². The Balaban J connectivity index is 1.71. The molecule has 0 radical (unpaired) electrons. The van der Waals surface area contributed by atoms with Crippen molar-refractivity contribution in [3.63, 3.8) is 0 Å². The van der Waals surface area contributed by atoms with Crippen molar-refractivity contribution in [1.29, 1.82) is 0 Å². The smallest absolute Gasteiger partial charge is 0.252 e. The first-order valence-corrected chi connectivity index (χ1v) is 8.79. The van der Waals surface area contributed by atoms with Crippen molar-refractivity contribution in [2.45, 2.75) is 4.21 Å². The molecule has 9 heteroatoms. The first-order chi connectivity index (χ1) is 9.18. The van der Waals surface area contributed by atoms with Crippen molar-refractivity contribution in [3.8, 4) is 0 Å². The van der Waals surface area contributed by atoms with Crippen molar-refractivity contribution >= 4 is 38.9 Å². The van der Waals surface area contributed by atoms with E-state index in [1.807, 2.05) is 0 Å². The van der Waals surface area contributed by atoms with Crippen LogP contribution in [0.2, 0.25) is 0 Å². The van der Waals surface area contributed by atoms with Crippen molar-refractivity contribution in [2.24, 2.45) is 0 Å². The molecule has 3 heterocycles. The number of anilines is 1. The molecule has 1 fully saturated rings. The molecule has 0 N–H and O–H groups in total. The molecule has 0 bridgehead atoms. The number of piperazine rings is 1. The second-order valence-electron chi connectivity index (χ2n) is 4.09. The van der Waals surface area contributed by atoms with Gasteiger partial charge in [-0.25, -0.2) is 8.42 Å². The third kappa shape index (κ3) is 2.50. The van der Waals surface area contributed by atoms with Crippen LogP contribution in [-0.2, 0) is 10.0 Å². The average Bonchev–Trinajstić information content (AvgIpc) is 3.12. The Labute approximate surface area is 119 Å². The fourth-order valence-electron chi connectivity index (χ4n) is 1.99. The third-order valence-corrected chi connectivity index (χ3v) is 6.74. The quantitative estimate of drug-likeness (QED) is 0.848. The van der Waals surface area contributed by atoms with Crippen LogP contribution in [0.25, 0.3) is 0 Å². The summed E-state index contributed by atoms with van der Waals surface area (Å²) in [4.78, 5) is 2.06. The van der Waals surface area contributed by atoms with Gasteiger partial charge in [0.15, 0.2) is 5.82 Å². The van der Waals surface area contributed by atoms with Crippen LogP contribution >= 0.6 is 23.1 Å². The van der Waals surface area contributed by atoms with E-state index in [4.69, 9.17) is 0 Å². The van der Waals surface area contributed by atoms with E-state index in [1.54, 1.807) is 23.7 Å². The van der Waals surface area contributed by atoms with Crippen LogP contribution in [0.15, 0.2) is 27.9 Å². The van der Waals surface area contributed by atoms with E-state index in [0.717, 1.165) is 5.82 Å². The number of sulfonamides is 1. The zero-order valence-electron chi connectivity index (χ0n) is 9.97. The van der Waals surface area contributed by atoms with Crippen molar-refractivity contribution in [2.75, 3.05) is 31.1 Å². The minimum Gasteiger partial charge on any atom is -0.352 e. The highest BCUT2D eigenvalue weighted by atomic mass is 32.2. The largest absolute Gasteiger partial charge is 0.352 e. The average molecular weight is 316 g/mol. The fourth-order valence-corrected chi connectivity index (χ4v) is 5.00. The van der Waals surface area contributed by atoms with E-state index in [9.17, 15) is 8.42 Å². The molecule has 0 aromatic carbocycles. The van der Waals surface area contributed by atoms with Gasteiger partial charge in [0.05, 0.1) is 17.9 Å². The highest BCUT2D eigenvalue weighted by molar-refractivity contribution is 7.91. The Hall–Kier alpha value is -1.03. The predicted molar refractivity (Wildman–Crippen MR) is 75.2 cm³/mol. The maximum Gasteiger partial charge on any atom is 0.252 e. The molecule has 0 unspecified atom stereocenters. The summed E-state index contributed by atoms with van der Waals surface area (Å²) in [6.45, 7) is 2.27. The van der Waals surface area contributed by atoms with Crippen LogP contribution in [0.3, 0.4) is 0 Å². The second-order valence-corrected chi connectivity index (χ2v) is 7.76. The number of aromatic nitrogens is 2. The molecule has 2 aromatic rings. The van der Waals surface area contributed by atoms with Gasteiger partial charge in [-0.1, -0.05) is 6.07 Å². The summed E-state index contributed by atoms with van der Waals surface area (Å²) in [5.74, 6) is 0.832. The van der Waals surface area contributed by atoms with Crippen LogP contribution < -0.4 is 4.90 Å². The normalized spacial score (nSPS) is 17.8. The molecule has 1 aliphatic rings. The molecule has 0 spiro atoms. The molecule has 19 heavy (non-hydrogen) atoms. The third-order valence-electron chi connectivity index (χ3n) is 3.00. The molecule has 0 aliphatic carbocycles. The van der Waals surface area contributed by atoms with Gasteiger partial charge in [-0.15, -0.1) is 11.3 Å². The summed E-state index contributed by atoms with van der Waals surface area (Å²) in [6.07, 6.45) is 1.72. The Morgan fingerprint density at radius 3 is 2.58 bits per heavy atom. The minimum absolute atomic E-state index is 0.413. The maximum absolute atomic E-state index is 12.3. The molecule has 1 aliphatic heterocycles. The Morgan fingerprint density at radius 2 is 2.00 bits per heavy atom. The Bertz CT molecular complexity index is 616. The standard InChI is InChI=1S/C10H12N4O2S3/c15-19(16,10-2-1-7-17-10)14-5-3-13(4-6-14)9-8-11-18-12-9/h1-2,7-8H,3-6H2. The van der Waals surface area contributed by atoms with E-state index in [0.29, 0.717) is 30.4 Å². The fraction of sp³-hybridized carbons (Fsp3) is 0.400. The molecule has 3 rings (SSSR count). The van der Waals surface area contributed by atoms with E-state index in [-0.39, 0.29) is 0 Å². The van der Waals surface area contributed by atoms with Gasteiger partial charge in [0.2, 0.25) is 0 Å². The molecular weight excluding hydrogens is 304 g/mol.